The van der Waals surface area contributed by atoms with E-state index in [1.165, 1.54) is 12.1 Å². The molecular weight excluding hydrogens is 521 g/mol. The van der Waals surface area contributed by atoms with Gasteiger partial charge in [0.2, 0.25) is 11.7 Å². The fourth-order valence-electron chi connectivity index (χ4n) is 5.65. The third kappa shape index (κ3) is 4.11. The van der Waals surface area contributed by atoms with Crippen LogP contribution >= 0.6 is 0 Å². The molecular formula is C28H22F5N3O3. The van der Waals surface area contributed by atoms with E-state index in [0.717, 1.165) is 23.3 Å². The maximum atomic E-state index is 14.7. The maximum Gasteiger partial charge on any atom is 0.450 e. The first-order chi connectivity index (χ1) is 18.6. The topological polar surface area (TPSA) is 66.2 Å². The zero-order chi connectivity index (χ0) is 27.6. The molecule has 0 aliphatic heterocycles. The number of hydrogen-bond acceptors (Lipinski definition) is 5. The lowest BCUT2D eigenvalue weighted by molar-refractivity contribution is -0.146. The van der Waals surface area contributed by atoms with Crippen molar-refractivity contribution in [2.24, 2.45) is 11.8 Å². The van der Waals surface area contributed by atoms with E-state index in [2.05, 4.69) is 9.97 Å². The highest BCUT2D eigenvalue weighted by Crippen LogP contribution is 2.61. The van der Waals surface area contributed by atoms with Gasteiger partial charge in [0, 0.05) is 18.2 Å². The summed E-state index contributed by atoms with van der Waals surface area (Å²) in [6.45, 7) is 3.68. The Kier molecular flexibility index (Phi) is 5.85. The first-order valence-corrected chi connectivity index (χ1v) is 12.4. The Morgan fingerprint density at radius 3 is 2.72 bits per heavy atom. The number of rotatable bonds is 6. The van der Waals surface area contributed by atoms with Crippen LogP contribution in [0.4, 0.5) is 22.0 Å². The summed E-state index contributed by atoms with van der Waals surface area (Å²) in [6.07, 6.45) is -2.50. The highest BCUT2D eigenvalue weighted by atomic mass is 19.4. The van der Waals surface area contributed by atoms with Gasteiger partial charge in [-0.3, -0.25) is 9.36 Å². The van der Waals surface area contributed by atoms with Crippen molar-refractivity contribution in [2.75, 3.05) is 6.61 Å². The monoisotopic (exact) mass is 543 g/mol. The molecule has 6 nitrogen and oxygen atoms in total. The zero-order valence-electron chi connectivity index (χ0n) is 20.9. The van der Waals surface area contributed by atoms with Crippen LogP contribution in [0.1, 0.15) is 40.9 Å². The van der Waals surface area contributed by atoms with E-state index < -0.39 is 29.2 Å². The van der Waals surface area contributed by atoms with Gasteiger partial charge in [0.1, 0.15) is 12.1 Å². The van der Waals surface area contributed by atoms with Gasteiger partial charge in [-0.2, -0.15) is 13.2 Å². The number of halogens is 5. The Labute approximate surface area is 219 Å². The molecule has 2 aliphatic carbocycles. The first kappa shape index (κ1) is 25.3. The predicted molar refractivity (Wildman–Crippen MR) is 129 cm³/mol. The van der Waals surface area contributed by atoms with E-state index in [-0.39, 0.29) is 41.5 Å². The lowest BCUT2D eigenvalue weighted by Crippen LogP contribution is -2.15. The highest BCUT2D eigenvalue weighted by Gasteiger charge is 2.60. The molecule has 0 radical (unpaired) electrons. The quantitative estimate of drug-likeness (QED) is 0.219. The van der Waals surface area contributed by atoms with Crippen molar-refractivity contribution < 1.29 is 36.2 Å². The summed E-state index contributed by atoms with van der Waals surface area (Å²) in [6, 6.07) is 8.15. The molecule has 1 unspecified atom stereocenters. The number of pyridine rings is 1. The zero-order valence-corrected chi connectivity index (χ0v) is 20.9. The number of aromatic nitrogens is 3. The molecule has 2 aliphatic rings. The van der Waals surface area contributed by atoms with E-state index in [1.54, 1.807) is 26.1 Å². The summed E-state index contributed by atoms with van der Waals surface area (Å²) in [4.78, 5) is 20.0. The molecule has 0 amide bonds. The lowest BCUT2D eigenvalue weighted by atomic mass is 10.0. The minimum Gasteiger partial charge on any atom is -0.473 e. The van der Waals surface area contributed by atoms with Crippen LogP contribution in [-0.2, 0) is 28.7 Å². The van der Waals surface area contributed by atoms with Crippen molar-refractivity contribution in [3.8, 4) is 11.6 Å². The minimum absolute atomic E-state index is 0.00225. The molecule has 0 saturated heterocycles. The maximum absolute atomic E-state index is 14.7. The van der Waals surface area contributed by atoms with Gasteiger partial charge < -0.3 is 9.47 Å². The number of fused-ring (bicyclic) bond motifs is 4. The molecule has 1 saturated carbocycles. The number of carbonyl (C=O) groups is 1. The van der Waals surface area contributed by atoms with E-state index in [9.17, 15) is 26.7 Å². The van der Waals surface area contributed by atoms with Crippen molar-refractivity contribution >= 4 is 17.0 Å². The Morgan fingerprint density at radius 2 is 1.97 bits per heavy atom. The summed E-state index contributed by atoms with van der Waals surface area (Å²) in [5, 5.41) is 0. The number of alkyl halides is 3. The molecule has 2 aromatic carbocycles. The van der Waals surface area contributed by atoms with Crippen molar-refractivity contribution in [3.05, 3.63) is 82.3 Å². The molecule has 4 aromatic rings. The average Bonchev–Trinajstić information content (AvgIpc) is 3.25. The molecule has 2 aromatic heterocycles. The summed E-state index contributed by atoms with van der Waals surface area (Å²) >= 11 is 0. The van der Waals surface area contributed by atoms with Crippen molar-refractivity contribution in [1.82, 2.24) is 14.5 Å². The fraction of sp³-hybridized carbons (Fsp3) is 0.321. The van der Waals surface area contributed by atoms with Gasteiger partial charge in [-0.15, -0.1) is 0 Å². The molecule has 6 rings (SSSR count). The second kappa shape index (κ2) is 9.03. The molecule has 11 heteroatoms. The molecule has 0 N–H and O–H groups in total. The molecule has 0 bridgehead atoms. The van der Waals surface area contributed by atoms with Crippen LogP contribution in [0.15, 0.2) is 42.6 Å². The number of benzene rings is 2. The van der Waals surface area contributed by atoms with Crippen molar-refractivity contribution in [1.29, 1.82) is 0 Å². The highest BCUT2D eigenvalue weighted by molar-refractivity contribution is 5.80. The Hall–Kier alpha value is -4.02. The van der Waals surface area contributed by atoms with E-state index in [0.29, 0.717) is 34.6 Å². The molecule has 1 fully saturated rings. The van der Waals surface area contributed by atoms with Crippen molar-refractivity contribution in [3.63, 3.8) is 0 Å². The molecule has 0 spiro atoms. The van der Waals surface area contributed by atoms with E-state index in [1.807, 2.05) is 6.07 Å². The third-order valence-corrected chi connectivity index (χ3v) is 7.54. The standard InChI is InChI=1S/C28H22F5N3O3/c1-3-38-26(37)23-16-9-15-10-21(34-11-17(15)22(16)23)39-12-14-5-4-6-20(13(14)2)36-25-19(8-7-18(29)24(25)30)35-27(36)28(31,32)33/h4-8,10-11,16,22-23H,3,9,12H2,1-2H3/t16-,22?,23+/m1/s1. The normalized spacial score (nSPS) is 19.6. The van der Waals surface area contributed by atoms with Gasteiger partial charge in [0.15, 0.2) is 11.6 Å². The van der Waals surface area contributed by atoms with Crippen LogP contribution < -0.4 is 4.74 Å². The second-order valence-electron chi connectivity index (χ2n) is 9.74. The summed E-state index contributed by atoms with van der Waals surface area (Å²) in [5.74, 6) is -3.71. The molecule has 202 valence electrons. The van der Waals surface area contributed by atoms with Crippen LogP contribution in [0.2, 0.25) is 0 Å². The predicted octanol–water partition coefficient (Wildman–Crippen LogP) is 6.05. The van der Waals surface area contributed by atoms with Crippen LogP contribution in [0.3, 0.4) is 0 Å². The van der Waals surface area contributed by atoms with Gasteiger partial charge in [-0.1, -0.05) is 12.1 Å². The third-order valence-electron chi connectivity index (χ3n) is 7.54. The van der Waals surface area contributed by atoms with Gasteiger partial charge in [0.25, 0.3) is 0 Å². The van der Waals surface area contributed by atoms with Gasteiger partial charge >= 0.3 is 12.1 Å². The smallest absolute Gasteiger partial charge is 0.450 e. The Morgan fingerprint density at radius 1 is 1.18 bits per heavy atom. The number of imidazole rings is 1. The molecule has 3 atom stereocenters. The van der Waals surface area contributed by atoms with Crippen LogP contribution in [0.25, 0.3) is 16.7 Å². The minimum atomic E-state index is -4.91. The van der Waals surface area contributed by atoms with E-state index in [4.69, 9.17) is 9.47 Å². The fourth-order valence-corrected chi connectivity index (χ4v) is 5.65. The largest absolute Gasteiger partial charge is 0.473 e. The molecule has 2 heterocycles. The summed E-state index contributed by atoms with van der Waals surface area (Å²) in [7, 11) is 0. The van der Waals surface area contributed by atoms with Gasteiger partial charge in [-0.25, -0.2) is 18.7 Å². The lowest BCUT2D eigenvalue weighted by Gasteiger charge is -2.17. The number of esters is 1. The number of nitrogens with zero attached hydrogens (tertiary/aromatic N) is 3. The number of hydrogen-bond donors (Lipinski definition) is 0. The SMILES string of the molecule is CCOC(=O)[C@@H]1C2c3cnc(OCc4cccc(-n5c(C(F)(F)F)nc6ccc(F)c(F)c65)c4C)cc3C[C@H]21. The summed E-state index contributed by atoms with van der Waals surface area (Å²) in [5.41, 5.74) is 2.05. The van der Waals surface area contributed by atoms with E-state index >= 15 is 0 Å². The molecule has 39 heavy (non-hydrogen) atoms. The Balaban J connectivity index is 1.28. The number of ether oxygens (including phenoxy) is 2. The summed E-state index contributed by atoms with van der Waals surface area (Å²) < 4.78 is 82.1. The number of carbonyl (C=O) groups excluding carboxylic acids is 1. The van der Waals surface area contributed by atoms with Crippen LogP contribution in [-0.4, -0.2) is 27.1 Å². The average molecular weight is 543 g/mol. The Bertz CT molecular complexity index is 1630. The van der Waals surface area contributed by atoms with Crippen LogP contribution in [0, 0.1) is 30.4 Å². The van der Waals surface area contributed by atoms with Gasteiger partial charge in [0.05, 0.1) is 23.7 Å². The van der Waals surface area contributed by atoms with Gasteiger partial charge in [-0.05, 0) is 66.6 Å². The van der Waals surface area contributed by atoms with Crippen molar-refractivity contribution in [2.45, 2.75) is 39.0 Å². The van der Waals surface area contributed by atoms with Crippen LogP contribution in [0.5, 0.6) is 5.88 Å². The first-order valence-electron chi connectivity index (χ1n) is 12.4. The second-order valence-corrected chi connectivity index (χ2v) is 9.74.